The maximum Gasteiger partial charge on any atom is 0.329 e. The van der Waals surface area contributed by atoms with Gasteiger partial charge in [-0.05, 0) is 31.5 Å². The van der Waals surface area contributed by atoms with Gasteiger partial charge in [-0.1, -0.05) is 12.1 Å². The minimum absolute atomic E-state index is 0.277. The van der Waals surface area contributed by atoms with Crippen molar-refractivity contribution < 1.29 is 19.1 Å². The van der Waals surface area contributed by atoms with Gasteiger partial charge in [-0.3, -0.25) is 0 Å². The second kappa shape index (κ2) is 5.90. The van der Waals surface area contributed by atoms with Crippen LogP contribution in [0.5, 0.6) is 0 Å². The topological polar surface area (TPSA) is 60.9 Å². The normalized spacial score (nSPS) is 11.1. The summed E-state index contributed by atoms with van der Waals surface area (Å²) in [5.41, 5.74) is -0.530. The molecule has 0 aliphatic rings. The van der Waals surface area contributed by atoms with E-state index in [1.165, 1.54) is 42.8 Å². The van der Waals surface area contributed by atoms with Gasteiger partial charge in [-0.2, -0.15) is 0 Å². The number of halogens is 1. The molecule has 0 aliphatic heterocycles. The molecule has 0 saturated carbocycles. The molecular weight excluding hydrogens is 263 g/mol. The number of carbonyl (C=O) groups is 2. The predicted octanol–water partition coefficient (Wildman–Crippen LogP) is 2.17. The first-order valence-corrected chi connectivity index (χ1v) is 6.13. The van der Waals surface area contributed by atoms with Crippen molar-refractivity contribution in [1.29, 1.82) is 0 Å². The number of urea groups is 1. The van der Waals surface area contributed by atoms with E-state index in [9.17, 15) is 14.0 Å². The van der Waals surface area contributed by atoms with Crippen LogP contribution in [0, 0.1) is 5.82 Å². The molecule has 0 saturated heterocycles. The Morgan fingerprint density at radius 1 is 1.20 bits per heavy atom. The lowest BCUT2D eigenvalue weighted by molar-refractivity contribution is -0.147. The van der Waals surface area contributed by atoms with Crippen LogP contribution < -0.4 is 0 Å². The van der Waals surface area contributed by atoms with Crippen molar-refractivity contribution >= 4 is 12.0 Å². The summed E-state index contributed by atoms with van der Waals surface area (Å²) in [5.74, 6) is -1.42. The highest BCUT2D eigenvalue weighted by molar-refractivity contribution is 5.85. The van der Waals surface area contributed by atoms with Crippen molar-refractivity contribution in [2.24, 2.45) is 0 Å². The highest BCUT2D eigenvalue weighted by atomic mass is 19.1. The molecule has 1 aromatic carbocycles. The summed E-state index contributed by atoms with van der Waals surface area (Å²) >= 11 is 0. The van der Waals surface area contributed by atoms with Gasteiger partial charge in [0.2, 0.25) is 0 Å². The standard InChI is InChI=1S/C14H19FN2O3/c1-14(2,12(18)19)17(4)13(20)16(3)9-10-5-7-11(15)8-6-10/h5-8H,9H2,1-4H3,(H,18,19). The van der Waals surface area contributed by atoms with E-state index in [1.807, 2.05) is 0 Å². The number of rotatable bonds is 4. The van der Waals surface area contributed by atoms with Crippen molar-refractivity contribution in [3.8, 4) is 0 Å². The molecule has 0 fully saturated rings. The largest absolute Gasteiger partial charge is 0.480 e. The summed E-state index contributed by atoms with van der Waals surface area (Å²) in [4.78, 5) is 25.9. The van der Waals surface area contributed by atoms with E-state index >= 15 is 0 Å². The minimum Gasteiger partial charge on any atom is -0.480 e. The number of hydrogen-bond donors (Lipinski definition) is 1. The molecule has 0 aromatic heterocycles. The Hall–Kier alpha value is -2.11. The van der Waals surface area contributed by atoms with Crippen LogP contribution in [-0.4, -0.2) is 46.5 Å². The number of carbonyl (C=O) groups excluding carboxylic acids is 1. The van der Waals surface area contributed by atoms with E-state index in [-0.39, 0.29) is 12.4 Å². The number of amides is 2. The van der Waals surface area contributed by atoms with Gasteiger partial charge in [-0.25, -0.2) is 14.0 Å². The summed E-state index contributed by atoms with van der Waals surface area (Å²) in [6, 6.07) is 5.39. The van der Waals surface area contributed by atoms with Crippen LogP contribution in [-0.2, 0) is 11.3 Å². The summed E-state index contributed by atoms with van der Waals surface area (Å²) in [6.07, 6.45) is 0. The van der Waals surface area contributed by atoms with Crippen LogP contribution in [0.15, 0.2) is 24.3 Å². The Kier molecular flexibility index (Phi) is 4.70. The second-order valence-electron chi connectivity index (χ2n) is 5.19. The quantitative estimate of drug-likeness (QED) is 0.920. The Balaban J connectivity index is 2.77. The van der Waals surface area contributed by atoms with Crippen LogP contribution in [0.2, 0.25) is 0 Å². The van der Waals surface area contributed by atoms with Crippen molar-refractivity contribution in [2.75, 3.05) is 14.1 Å². The minimum atomic E-state index is -1.30. The molecule has 0 bridgehead atoms. The van der Waals surface area contributed by atoms with Gasteiger partial charge in [-0.15, -0.1) is 0 Å². The molecule has 0 heterocycles. The van der Waals surface area contributed by atoms with Crippen LogP contribution in [0.4, 0.5) is 9.18 Å². The van der Waals surface area contributed by atoms with Gasteiger partial charge < -0.3 is 14.9 Å². The van der Waals surface area contributed by atoms with Crippen molar-refractivity contribution in [1.82, 2.24) is 9.80 Å². The highest BCUT2D eigenvalue weighted by Crippen LogP contribution is 2.15. The first kappa shape index (κ1) is 15.9. The van der Waals surface area contributed by atoms with Crippen LogP contribution in [0.25, 0.3) is 0 Å². The SMILES string of the molecule is CN(Cc1ccc(F)cc1)C(=O)N(C)C(C)(C)C(=O)O. The first-order valence-electron chi connectivity index (χ1n) is 6.13. The molecule has 0 radical (unpaired) electrons. The molecular formula is C14H19FN2O3. The number of hydrogen-bond acceptors (Lipinski definition) is 2. The number of nitrogens with zero attached hydrogens (tertiary/aromatic N) is 2. The first-order chi connectivity index (χ1) is 9.16. The van der Waals surface area contributed by atoms with E-state index < -0.39 is 17.5 Å². The monoisotopic (exact) mass is 282 g/mol. The third-order valence-electron chi connectivity index (χ3n) is 3.31. The van der Waals surface area contributed by atoms with Crippen molar-refractivity contribution in [3.05, 3.63) is 35.6 Å². The van der Waals surface area contributed by atoms with Gasteiger partial charge in [0, 0.05) is 20.6 Å². The average molecular weight is 282 g/mol. The van der Waals surface area contributed by atoms with E-state index in [2.05, 4.69) is 0 Å². The highest BCUT2D eigenvalue weighted by Gasteiger charge is 2.36. The summed E-state index contributed by atoms with van der Waals surface area (Å²) in [6.45, 7) is 3.19. The van der Waals surface area contributed by atoms with Gasteiger partial charge in [0.25, 0.3) is 0 Å². The molecule has 1 N–H and O–H groups in total. The van der Waals surface area contributed by atoms with Gasteiger partial charge in [0.05, 0.1) is 0 Å². The van der Waals surface area contributed by atoms with Crippen LogP contribution >= 0.6 is 0 Å². The fraction of sp³-hybridized carbons (Fsp3) is 0.429. The molecule has 20 heavy (non-hydrogen) atoms. The van der Waals surface area contributed by atoms with Gasteiger partial charge in [0.1, 0.15) is 11.4 Å². The van der Waals surface area contributed by atoms with Gasteiger partial charge >= 0.3 is 12.0 Å². The number of benzene rings is 1. The molecule has 0 unspecified atom stereocenters. The molecule has 5 nitrogen and oxygen atoms in total. The molecule has 6 heteroatoms. The molecule has 110 valence electrons. The molecule has 0 atom stereocenters. The third-order valence-corrected chi connectivity index (χ3v) is 3.31. The molecule has 0 aliphatic carbocycles. The number of aliphatic carboxylic acids is 1. The van der Waals surface area contributed by atoms with Crippen LogP contribution in [0.1, 0.15) is 19.4 Å². The van der Waals surface area contributed by atoms with E-state index in [0.29, 0.717) is 0 Å². The lowest BCUT2D eigenvalue weighted by Gasteiger charge is -2.34. The Morgan fingerprint density at radius 3 is 2.15 bits per heavy atom. The average Bonchev–Trinajstić information content (AvgIpc) is 2.39. The lowest BCUT2D eigenvalue weighted by Crippen LogP contribution is -2.54. The smallest absolute Gasteiger partial charge is 0.329 e. The molecule has 1 rings (SSSR count). The molecule has 0 spiro atoms. The Morgan fingerprint density at radius 2 is 1.70 bits per heavy atom. The zero-order chi connectivity index (χ0) is 15.5. The summed E-state index contributed by atoms with van der Waals surface area (Å²) < 4.78 is 12.8. The number of carboxylic acids is 1. The third kappa shape index (κ3) is 3.46. The molecule has 1 aromatic rings. The van der Waals surface area contributed by atoms with E-state index in [4.69, 9.17) is 5.11 Å². The van der Waals surface area contributed by atoms with Gasteiger partial charge in [0.15, 0.2) is 0 Å². The number of carboxylic acid groups (broad SMARTS) is 1. The van der Waals surface area contributed by atoms with E-state index in [0.717, 1.165) is 5.56 Å². The number of likely N-dealkylation sites (N-methyl/N-ethyl adjacent to an activating group) is 1. The van der Waals surface area contributed by atoms with E-state index in [1.54, 1.807) is 19.2 Å². The predicted molar refractivity (Wildman–Crippen MR) is 72.7 cm³/mol. The van der Waals surface area contributed by atoms with Crippen LogP contribution in [0.3, 0.4) is 0 Å². The fourth-order valence-corrected chi connectivity index (χ4v) is 1.57. The zero-order valence-corrected chi connectivity index (χ0v) is 12.1. The van der Waals surface area contributed by atoms with Crippen molar-refractivity contribution in [3.63, 3.8) is 0 Å². The lowest BCUT2D eigenvalue weighted by atomic mass is 10.0. The Labute approximate surface area is 117 Å². The summed E-state index contributed by atoms with van der Waals surface area (Å²) in [5, 5.41) is 9.11. The maximum atomic E-state index is 12.8. The fourth-order valence-electron chi connectivity index (χ4n) is 1.57. The summed E-state index contributed by atoms with van der Waals surface area (Å²) in [7, 11) is 3.01. The maximum absolute atomic E-state index is 12.8. The zero-order valence-electron chi connectivity index (χ0n) is 12.1. The Bertz CT molecular complexity index is 500. The van der Waals surface area contributed by atoms with Crippen molar-refractivity contribution in [2.45, 2.75) is 25.9 Å². The second-order valence-corrected chi connectivity index (χ2v) is 5.19. The molecule has 2 amide bonds.